The maximum atomic E-state index is 12.4. The Bertz CT molecular complexity index is 344. The van der Waals surface area contributed by atoms with Gasteiger partial charge in [0.15, 0.2) is 0 Å². The van der Waals surface area contributed by atoms with E-state index in [4.69, 9.17) is 0 Å². The summed E-state index contributed by atoms with van der Waals surface area (Å²) in [6.07, 6.45) is 3.49. The first kappa shape index (κ1) is 11.0. The molecule has 2 amide bonds. The zero-order valence-corrected chi connectivity index (χ0v) is 9.76. The van der Waals surface area contributed by atoms with E-state index in [0.29, 0.717) is 25.8 Å². The zero-order chi connectivity index (χ0) is 12.0. The molecule has 94 valence electrons. The van der Waals surface area contributed by atoms with Crippen molar-refractivity contribution in [2.24, 2.45) is 5.92 Å². The first-order valence-electron chi connectivity index (χ1n) is 6.42. The lowest BCUT2D eigenvalue weighted by Gasteiger charge is -2.38. The summed E-state index contributed by atoms with van der Waals surface area (Å²) >= 11 is 0. The Kier molecular flexibility index (Phi) is 2.58. The van der Waals surface area contributed by atoms with E-state index in [0.717, 1.165) is 12.8 Å². The maximum Gasteiger partial charge on any atom is 0.228 e. The van der Waals surface area contributed by atoms with Crippen LogP contribution in [0.15, 0.2) is 0 Å². The standard InChI is InChI=1S/C12H18N2O3/c15-10-4-8-1-2-9(5-10)14(8)12(17)7-3-11(16)13-6-7/h7-10,15H,1-6H2,(H,13,16). The summed E-state index contributed by atoms with van der Waals surface area (Å²) in [5.41, 5.74) is 0. The van der Waals surface area contributed by atoms with Gasteiger partial charge < -0.3 is 15.3 Å². The van der Waals surface area contributed by atoms with Gasteiger partial charge in [0.1, 0.15) is 0 Å². The second kappa shape index (κ2) is 3.98. The Morgan fingerprint density at radius 1 is 1.29 bits per heavy atom. The summed E-state index contributed by atoms with van der Waals surface area (Å²) in [7, 11) is 0. The Balaban J connectivity index is 1.72. The fourth-order valence-electron chi connectivity index (χ4n) is 3.50. The van der Waals surface area contributed by atoms with E-state index >= 15 is 0 Å². The number of aliphatic hydroxyl groups excluding tert-OH is 1. The molecule has 0 radical (unpaired) electrons. The van der Waals surface area contributed by atoms with Crippen molar-refractivity contribution in [3.8, 4) is 0 Å². The van der Waals surface area contributed by atoms with Crippen LogP contribution in [0.1, 0.15) is 32.1 Å². The number of fused-ring (bicyclic) bond motifs is 2. The van der Waals surface area contributed by atoms with Crippen molar-refractivity contribution in [3.05, 3.63) is 0 Å². The summed E-state index contributed by atoms with van der Waals surface area (Å²) in [6.45, 7) is 0.482. The van der Waals surface area contributed by atoms with Crippen molar-refractivity contribution >= 4 is 11.8 Å². The molecule has 3 aliphatic heterocycles. The summed E-state index contributed by atoms with van der Waals surface area (Å²) in [4.78, 5) is 25.5. The number of nitrogens with one attached hydrogen (secondary N) is 1. The SMILES string of the molecule is O=C1CC(C(=O)N2C3CCC2CC(O)C3)CN1. The van der Waals surface area contributed by atoms with Crippen molar-refractivity contribution in [1.29, 1.82) is 0 Å². The van der Waals surface area contributed by atoms with Crippen molar-refractivity contribution < 1.29 is 14.7 Å². The number of piperidine rings is 1. The van der Waals surface area contributed by atoms with E-state index in [1.54, 1.807) is 0 Å². The van der Waals surface area contributed by atoms with Crippen molar-refractivity contribution in [2.75, 3.05) is 6.54 Å². The molecule has 0 aliphatic carbocycles. The van der Waals surface area contributed by atoms with Crippen LogP contribution in [0.25, 0.3) is 0 Å². The number of carbonyl (C=O) groups excluding carboxylic acids is 2. The van der Waals surface area contributed by atoms with Gasteiger partial charge in [-0.05, 0) is 25.7 Å². The normalized spacial score (nSPS) is 40.5. The smallest absolute Gasteiger partial charge is 0.228 e. The Labute approximate surface area is 100 Å². The molecule has 2 bridgehead atoms. The minimum Gasteiger partial charge on any atom is -0.393 e. The van der Waals surface area contributed by atoms with Gasteiger partial charge in [0, 0.05) is 25.0 Å². The number of amides is 2. The third-order valence-electron chi connectivity index (χ3n) is 4.29. The van der Waals surface area contributed by atoms with E-state index < -0.39 is 0 Å². The Morgan fingerprint density at radius 2 is 1.94 bits per heavy atom. The number of aliphatic hydroxyl groups is 1. The fraction of sp³-hybridized carbons (Fsp3) is 0.833. The maximum absolute atomic E-state index is 12.4. The average molecular weight is 238 g/mol. The van der Waals surface area contributed by atoms with Crippen molar-refractivity contribution in [1.82, 2.24) is 10.2 Å². The number of nitrogens with zero attached hydrogens (tertiary/aromatic N) is 1. The predicted molar refractivity (Wildman–Crippen MR) is 60.0 cm³/mol. The molecule has 3 aliphatic rings. The number of carbonyl (C=O) groups is 2. The van der Waals surface area contributed by atoms with Gasteiger partial charge in [-0.1, -0.05) is 0 Å². The molecule has 3 fully saturated rings. The molecule has 0 saturated carbocycles. The molecule has 5 nitrogen and oxygen atoms in total. The van der Waals surface area contributed by atoms with Crippen LogP contribution in [0, 0.1) is 5.92 Å². The van der Waals surface area contributed by atoms with E-state index in [-0.39, 0.29) is 35.9 Å². The molecule has 3 atom stereocenters. The van der Waals surface area contributed by atoms with Crippen LogP contribution in [0.3, 0.4) is 0 Å². The fourth-order valence-corrected chi connectivity index (χ4v) is 3.50. The molecular weight excluding hydrogens is 220 g/mol. The van der Waals surface area contributed by atoms with Gasteiger partial charge in [-0.25, -0.2) is 0 Å². The molecule has 5 heteroatoms. The first-order chi connectivity index (χ1) is 8.15. The molecule has 3 unspecified atom stereocenters. The van der Waals surface area contributed by atoms with E-state index in [2.05, 4.69) is 5.32 Å². The molecular formula is C12H18N2O3. The molecule has 17 heavy (non-hydrogen) atoms. The van der Waals surface area contributed by atoms with Gasteiger partial charge in [0.05, 0.1) is 12.0 Å². The van der Waals surface area contributed by atoms with Gasteiger partial charge in [-0.2, -0.15) is 0 Å². The van der Waals surface area contributed by atoms with Gasteiger partial charge in [-0.15, -0.1) is 0 Å². The highest BCUT2D eigenvalue weighted by molar-refractivity contribution is 5.89. The predicted octanol–water partition coefficient (Wildman–Crippen LogP) is -0.363. The molecule has 0 aromatic carbocycles. The lowest BCUT2D eigenvalue weighted by molar-refractivity contribution is -0.141. The molecule has 2 N–H and O–H groups in total. The minimum atomic E-state index is -0.250. The highest BCUT2D eigenvalue weighted by atomic mass is 16.3. The third-order valence-corrected chi connectivity index (χ3v) is 4.29. The van der Waals surface area contributed by atoms with E-state index in [1.807, 2.05) is 4.90 Å². The monoisotopic (exact) mass is 238 g/mol. The number of hydrogen-bond donors (Lipinski definition) is 2. The number of hydrogen-bond acceptors (Lipinski definition) is 3. The van der Waals surface area contributed by atoms with Gasteiger partial charge >= 0.3 is 0 Å². The Morgan fingerprint density at radius 3 is 2.47 bits per heavy atom. The van der Waals surface area contributed by atoms with E-state index in [9.17, 15) is 14.7 Å². The topological polar surface area (TPSA) is 69.6 Å². The lowest BCUT2D eigenvalue weighted by atomic mass is 9.97. The summed E-state index contributed by atoms with van der Waals surface area (Å²) in [5, 5.41) is 12.4. The van der Waals surface area contributed by atoms with Crippen LogP contribution in [0.5, 0.6) is 0 Å². The summed E-state index contributed by atoms with van der Waals surface area (Å²) in [5.74, 6) is -0.0867. The average Bonchev–Trinajstić information content (AvgIpc) is 2.81. The van der Waals surface area contributed by atoms with Crippen LogP contribution in [-0.4, -0.2) is 46.6 Å². The molecule has 0 aromatic rings. The van der Waals surface area contributed by atoms with Gasteiger partial charge in [0.25, 0.3) is 0 Å². The zero-order valence-electron chi connectivity index (χ0n) is 9.76. The molecule has 0 spiro atoms. The number of rotatable bonds is 1. The molecule has 0 aromatic heterocycles. The van der Waals surface area contributed by atoms with Crippen molar-refractivity contribution in [2.45, 2.75) is 50.3 Å². The van der Waals surface area contributed by atoms with Crippen LogP contribution in [-0.2, 0) is 9.59 Å². The summed E-state index contributed by atoms with van der Waals surface area (Å²) < 4.78 is 0. The second-order valence-electron chi connectivity index (χ2n) is 5.46. The quantitative estimate of drug-likeness (QED) is 0.655. The second-order valence-corrected chi connectivity index (χ2v) is 5.46. The van der Waals surface area contributed by atoms with E-state index in [1.165, 1.54) is 0 Å². The van der Waals surface area contributed by atoms with Gasteiger partial charge in [-0.3, -0.25) is 9.59 Å². The first-order valence-corrected chi connectivity index (χ1v) is 6.42. The summed E-state index contributed by atoms with van der Waals surface area (Å²) in [6, 6.07) is 0.402. The largest absolute Gasteiger partial charge is 0.393 e. The van der Waals surface area contributed by atoms with Crippen LogP contribution in [0.4, 0.5) is 0 Å². The van der Waals surface area contributed by atoms with Crippen LogP contribution < -0.4 is 5.32 Å². The molecule has 3 rings (SSSR count). The highest BCUT2D eigenvalue weighted by Gasteiger charge is 2.45. The third kappa shape index (κ3) is 1.82. The van der Waals surface area contributed by atoms with Crippen molar-refractivity contribution in [3.63, 3.8) is 0 Å². The molecule has 3 heterocycles. The van der Waals surface area contributed by atoms with Crippen LogP contribution >= 0.6 is 0 Å². The van der Waals surface area contributed by atoms with Gasteiger partial charge in [0.2, 0.25) is 11.8 Å². The molecule has 3 saturated heterocycles. The Hall–Kier alpha value is -1.10. The lowest BCUT2D eigenvalue weighted by Crippen LogP contribution is -2.50. The van der Waals surface area contributed by atoms with Crippen LogP contribution in [0.2, 0.25) is 0 Å². The minimum absolute atomic E-state index is 0.0206. The highest BCUT2D eigenvalue weighted by Crippen LogP contribution is 2.37.